The first-order valence-corrected chi connectivity index (χ1v) is 6.86. The Kier molecular flexibility index (Phi) is 4.01. The molecule has 0 aliphatic heterocycles. The van der Waals surface area contributed by atoms with Crippen LogP contribution in [0.2, 0.25) is 0 Å². The van der Waals surface area contributed by atoms with Crippen LogP contribution in [0.1, 0.15) is 11.1 Å². The van der Waals surface area contributed by atoms with Crippen LogP contribution in [0, 0.1) is 5.82 Å². The van der Waals surface area contributed by atoms with Crippen molar-refractivity contribution in [2.45, 2.75) is 12.8 Å². The molecule has 3 aromatic rings. The van der Waals surface area contributed by atoms with E-state index in [0.29, 0.717) is 11.6 Å². The highest BCUT2D eigenvalue weighted by atomic mass is 19.4. The van der Waals surface area contributed by atoms with Crippen molar-refractivity contribution in [3.05, 3.63) is 75.9 Å². The van der Waals surface area contributed by atoms with E-state index in [2.05, 4.69) is 0 Å². The summed E-state index contributed by atoms with van der Waals surface area (Å²) in [5.74, 6) is -0.294. The van der Waals surface area contributed by atoms with Crippen molar-refractivity contribution in [2.75, 3.05) is 0 Å². The summed E-state index contributed by atoms with van der Waals surface area (Å²) in [6.07, 6.45) is -4.68. The van der Waals surface area contributed by atoms with Crippen LogP contribution in [-0.4, -0.2) is 0 Å². The Morgan fingerprint density at radius 1 is 1.04 bits per heavy atom. The Labute approximate surface area is 133 Å². The van der Waals surface area contributed by atoms with Crippen LogP contribution in [0.4, 0.5) is 17.6 Å². The van der Waals surface area contributed by atoms with Gasteiger partial charge in [-0.05, 0) is 18.2 Å². The molecule has 7 heteroatoms. The normalized spacial score (nSPS) is 11.7. The molecular weight excluding hydrogens is 328 g/mol. The average Bonchev–Trinajstić information content (AvgIpc) is 2.52. The molecule has 3 nitrogen and oxygen atoms in total. The van der Waals surface area contributed by atoms with Gasteiger partial charge in [0.25, 0.3) is 0 Å². The Morgan fingerprint density at radius 2 is 1.79 bits per heavy atom. The lowest BCUT2D eigenvalue weighted by molar-refractivity contribution is -0.136. The van der Waals surface area contributed by atoms with Gasteiger partial charge in [-0.1, -0.05) is 18.2 Å². The summed E-state index contributed by atoms with van der Waals surface area (Å²) in [6, 6.07) is 10.00. The van der Waals surface area contributed by atoms with Gasteiger partial charge in [0.05, 0.1) is 5.56 Å². The molecule has 1 aromatic heterocycles. The first kappa shape index (κ1) is 16.0. The summed E-state index contributed by atoms with van der Waals surface area (Å²) >= 11 is 0. The predicted octanol–water partition coefficient (Wildman–Crippen LogP) is 4.53. The highest BCUT2D eigenvalue weighted by molar-refractivity contribution is 5.82. The SMILES string of the molecule is O=c1cc(C(F)(F)F)c2ccc(OCc3ccccc3F)cc2o1. The van der Waals surface area contributed by atoms with E-state index in [0.717, 1.165) is 6.07 Å². The van der Waals surface area contributed by atoms with Crippen molar-refractivity contribution in [1.29, 1.82) is 0 Å². The molecule has 0 saturated heterocycles. The fraction of sp³-hybridized carbons (Fsp3) is 0.118. The minimum absolute atomic E-state index is 0.110. The quantitative estimate of drug-likeness (QED) is 0.520. The predicted molar refractivity (Wildman–Crippen MR) is 78.2 cm³/mol. The molecule has 0 spiro atoms. The molecule has 24 heavy (non-hydrogen) atoms. The van der Waals surface area contributed by atoms with E-state index in [1.807, 2.05) is 0 Å². The van der Waals surface area contributed by atoms with Crippen molar-refractivity contribution >= 4 is 11.0 Å². The van der Waals surface area contributed by atoms with Gasteiger partial charge in [0, 0.05) is 23.1 Å². The lowest BCUT2D eigenvalue weighted by Gasteiger charge is -2.11. The van der Waals surface area contributed by atoms with Crippen molar-refractivity contribution < 1.29 is 26.7 Å². The van der Waals surface area contributed by atoms with Crippen molar-refractivity contribution in [2.24, 2.45) is 0 Å². The van der Waals surface area contributed by atoms with Gasteiger partial charge in [-0.25, -0.2) is 9.18 Å². The molecule has 0 N–H and O–H groups in total. The van der Waals surface area contributed by atoms with E-state index < -0.39 is 23.2 Å². The molecule has 0 saturated carbocycles. The van der Waals surface area contributed by atoms with E-state index in [1.54, 1.807) is 6.07 Å². The van der Waals surface area contributed by atoms with Gasteiger partial charge in [0.1, 0.15) is 23.8 Å². The Bertz CT molecular complexity index is 944. The van der Waals surface area contributed by atoms with Crippen LogP contribution in [0.5, 0.6) is 5.75 Å². The van der Waals surface area contributed by atoms with Crippen molar-refractivity contribution in [3.63, 3.8) is 0 Å². The monoisotopic (exact) mass is 338 g/mol. The molecule has 124 valence electrons. The molecule has 0 aliphatic rings. The van der Waals surface area contributed by atoms with Gasteiger partial charge in [0.2, 0.25) is 0 Å². The van der Waals surface area contributed by atoms with E-state index in [1.165, 1.54) is 30.3 Å². The van der Waals surface area contributed by atoms with Crippen LogP contribution < -0.4 is 10.4 Å². The molecule has 1 heterocycles. The summed E-state index contributed by atoms with van der Waals surface area (Å²) in [6.45, 7) is -0.110. The van der Waals surface area contributed by atoms with Gasteiger partial charge >= 0.3 is 11.8 Å². The van der Waals surface area contributed by atoms with E-state index in [-0.39, 0.29) is 23.3 Å². The summed E-state index contributed by atoms with van der Waals surface area (Å²) < 4.78 is 62.6. The largest absolute Gasteiger partial charge is 0.489 e. The topological polar surface area (TPSA) is 39.4 Å². The Balaban J connectivity index is 1.95. The molecule has 0 fully saturated rings. The third-order valence-electron chi connectivity index (χ3n) is 3.37. The highest BCUT2D eigenvalue weighted by Gasteiger charge is 2.33. The molecular formula is C17H10F4O3. The minimum atomic E-state index is -4.68. The number of ether oxygens (including phenoxy) is 1. The first-order chi connectivity index (χ1) is 11.3. The molecule has 2 aromatic carbocycles. The summed E-state index contributed by atoms with van der Waals surface area (Å²) in [5.41, 5.74) is -2.14. The Morgan fingerprint density at radius 3 is 2.50 bits per heavy atom. The molecule has 0 radical (unpaired) electrons. The lowest BCUT2D eigenvalue weighted by atomic mass is 10.1. The number of benzene rings is 2. The second-order valence-corrected chi connectivity index (χ2v) is 5.01. The fourth-order valence-electron chi connectivity index (χ4n) is 2.24. The molecule has 0 atom stereocenters. The first-order valence-electron chi connectivity index (χ1n) is 6.86. The van der Waals surface area contributed by atoms with E-state index in [4.69, 9.17) is 9.15 Å². The lowest BCUT2D eigenvalue weighted by Crippen LogP contribution is -2.11. The van der Waals surface area contributed by atoms with Crippen LogP contribution in [0.15, 0.2) is 57.7 Å². The zero-order valence-corrected chi connectivity index (χ0v) is 12.1. The molecule has 0 amide bonds. The maximum absolute atomic E-state index is 13.5. The average molecular weight is 338 g/mol. The number of alkyl halides is 3. The Hall–Kier alpha value is -2.83. The van der Waals surface area contributed by atoms with E-state index >= 15 is 0 Å². The number of fused-ring (bicyclic) bond motifs is 1. The molecule has 0 aliphatic carbocycles. The fourth-order valence-corrected chi connectivity index (χ4v) is 2.24. The van der Waals surface area contributed by atoms with Crippen LogP contribution in [0.3, 0.4) is 0 Å². The van der Waals surface area contributed by atoms with Crippen LogP contribution in [0.25, 0.3) is 11.0 Å². The molecule has 3 rings (SSSR count). The smallest absolute Gasteiger partial charge is 0.417 e. The standard InChI is InChI=1S/C17H10F4O3/c18-14-4-2-1-3-10(14)9-23-11-5-6-12-13(17(19,20)21)8-16(22)24-15(12)7-11/h1-8H,9H2. The highest BCUT2D eigenvalue weighted by Crippen LogP contribution is 2.34. The van der Waals surface area contributed by atoms with Gasteiger partial charge in [-0.15, -0.1) is 0 Å². The van der Waals surface area contributed by atoms with Gasteiger partial charge in [-0.3, -0.25) is 0 Å². The maximum Gasteiger partial charge on any atom is 0.417 e. The van der Waals surface area contributed by atoms with Gasteiger partial charge < -0.3 is 9.15 Å². The minimum Gasteiger partial charge on any atom is -0.489 e. The van der Waals surface area contributed by atoms with Crippen molar-refractivity contribution in [1.82, 2.24) is 0 Å². The zero-order valence-electron chi connectivity index (χ0n) is 12.1. The van der Waals surface area contributed by atoms with Gasteiger partial charge in [-0.2, -0.15) is 13.2 Å². The van der Waals surface area contributed by atoms with Crippen molar-refractivity contribution in [3.8, 4) is 5.75 Å². The summed E-state index contributed by atoms with van der Waals surface area (Å²) in [5, 5.41) is -0.250. The second kappa shape index (κ2) is 5.99. The number of hydrogen-bond acceptors (Lipinski definition) is 3. The summed E-state index contributed by atoms with van der Waals surface area (Å²) in [4.78, 5) is 11.3. The molecule has 0 unspecified atom stereocenters. The third-order valence-corrected chi connectivity index (χ3v) is 3.37. The number of halogens is 4. The van der Waals surface area contributed by atoms with Crippen LogP contribution in [-0.2, 0) is 12.8 Å². The molecule has 0 bridgehead atoms. The second-order valence-electron chi connectivity index (χ2n) is 5.01. The maximum atomic E-state index is 13.5. The number of rotatable bonds is 3. The third kappa shape index (κ3) is 3.24. The zero-order chi connectivity index (χ0) is 17.3. The number of hydrogen-bond donors (Lipinski definition) is 0. The van der Waals surface area contributed by atoms with E-state index in [9.17, 15) is 22.4 Å². The van der Waals surface area contributed by atoms with Crippen LogP contribution >= 0.6 is 0 Å². The summed E-state index contributed by atoms with van der Waals surface area (Å²) in [7, 11) is 0. The van der Waals surface area contributed by atoms with Gasteiger partial charge in [0.15, 0.2) is 0 Å².